The summed E-state index contributed by atoms with van der Waals surface area (Å²) in [5, 5.41) is 0. The lowest BCUT2D eigenvalue weighted by Gasteiger charge is -2.32. The number of aromatic nitrogens is 3. The molecule has 1 aromatic carbocycles. The van der Waals surface area contributed by atoms with Gasteiger partial charge in [-0.3, -0.25) is 9.36 Å². The molecule has 1 N–H and O–H groups in total. The highest BCUT2D eigenvalue weighted by Gasteiger charge is 2.28. The van der Waals surface area contributed by atoms with Crippen LogP contribution in [0.25, 0.3) is 11.1 Å². The normalized spacial score (nSPS) is 18.0. The number of fused-ring (bicyclic) bond motifs is 1. The number of carbonyl (C=O) groups is 1. The number of imidazole rings is 1. The van der Waals surface area contributed by atoms with Crippen LogP contribution in [-0.4, -0.2) is 45.0 Å². The van der Waals surface area contributed by atoms with Gasteiger partial charge < -0.3 is 19.0 Å². The van der Waals surface area contributed by atoms with Crippen molar-refractivity contribution in [2.75, 3.05) is 19.7 Å². The molecule has 0 radical (unpaired) electrons. The van der Waals surface area contributed by atoms with E-state index in [4.69, 9.17) is 9.15 Å². The Morgan fingerprint density at radius 1 is 1.40 bits per heavy atom. The Morgan fingerprint density at radius 3 is 3.00 bits per heavy atom. The quantitative estimate of drug-likeness (QED) is 0.759. The summed E-state index contributed by atoms with van der Waals surface area (Å²) in [6.45, 7) is 3.31. The summed E-state index contributed by atoms with van der Waals surface area (Å²) < 4.78 is 12.2. The lowest BCUT2D eigenvalue weighted by molar-refractivity contribution is -0.0264. The molecule has 1 saturated heterocycles. The van der Waals surface area contributed by atoms with Crippen molar-refractivity contribution in [1.29, 1.82) is 0 Å². The van der Waals surface area contributed by atoms with Gasteiger partial charge in [0.05, 0.1) is 18.7 Å². The third kappa shape index (κ3) is 2.74. The van der Waals surface area contributed by atoms with E-state index in [0.717, 1.165) is 11.5 Å². The van der Waals surface area contributed by atoms with E-state index in [2.05, 4.69) is 9.97 Å². The number of amides is 1. The first kappa shape index (κ1) is 15.6. The predicted molar refractivity (Wildman–Crippen MR) is 89.4 cm³/mol. The molecule has 25 heavy (non-hydrogen) atoms. The highest BCUT2D eigenvalue weighted by Crippen LogP contribution is 2.22. The third-order valence-electron chi connectivity index (χ3n) is 4.42. The number of aryl methyl sites for hydroxylation is 2. The molecule has 4 rings (SSSR count). The maximum absolute atomic E-state index is 12.9. The molecule has 0 saturated carbocycles. The van der Waals surface area contributed by atoms with Gasteiger partial charge in [-0.2, -0.15) is 0 Å². The van der Waals surface area contributed by atoms with Gasteiger partial charge in [0.15, 0.2) is 5.58 Å². The number of nitrogens with one attached hydrogen (secondary N) is 1. The molecule has 130 valence electrons. The van der Waals surface area contributed by atoms with Crippen LogP contribution in [0, 0.1) is 6.92 Å². The molecule has 0 bridgehead atoms. The molecule has 3 aromatic rings. The summed E-state index contributed by atoms with van der Waals surface area (Å²) in [5.41, 5.74) is 2.53. The average Bonchev–Trinajstić information content (AvgIpc) is 3.18. The van der Waals surface area contributed by atoms with Gasteiger partial charge in [0.1, 0.15) is 11.9 Å². The predicted octanol–water partition coefficient (Wildman–Crippen LogP) is 1.38. The van der Waals surface area contributed by atoms with Crippen molar-refractivity contribution in [2.45, 2.75) is 13.0 Å². The molecule has 1 fully saturated rings. The Kier molecular flexibility index (Phi) is 3.69. The van der Waals surface area contributed by atoms with Crippen LogP contribution in [0.3, 0.4) is 0 Å². The van der Waals surface area contributed by atoms with Crippen LogP contribution in [0.4, 0.5) is 0 Å². The highest BCUT2D eigenvalue weighted by molar-refractivity contribution is 5.97. The SMILES string of the molecule is Cc1cnc([C@H]2CN(C(=O)c3ccc4oc(=O)n(C)c4c3)CCO2)[nH]1. The van der Waals surface area contributed by atoms with Crippen molar-refractivity contribution in [3.05, 3.63) is 52.0 Å². The molecular formula is C17H18N4O4. The zero-order valence-electron chi connectivity index (χ0n) is 14.0. The second-order valence-corrected chi connectivity index (χ2v) is 6.17. The van der Waals surface area contributed by atoms with Gasteiger partial charge in [-0.05, 0) is 25.1 Å². The van der Waals surface area contributed by atoms with Crippen LogP contribution < -0.4 is 5.76 Å². The molecule has 1 atom stereocenters. The first-order valence-corrected chi connectivity index (χ1v) is 8.05. The standard InChI is InChI=1S/C17H18N4O4/c1-10-8-18-15(19-10)14-9-21(5-6-24-14)16(22)11-3-4-13-12(7-11)20(2)17(23)25-13/h3-4,7-8,14H,5-6,9H2,1-2H3,(H,18,19)/t14-/m1/s1. The van der Waals surface area contributed by atoms with E-state index in [9.17, 15) is 9.59 Å². The molecule has 0 spiro atoms. The van der Waals surface area contributed by atoms with Crippen molar-refractivity contribution in [3.8, 4) is 0 Å². The number of hydrogen-bond donors (Lipinski definition) is 1. The zero-order chi connectivity index (χ0) is 17.6. The number of carbonyl (C=O) groups excluding carboxylic acids is 1. The number of ether oxygens (including phenoxy) is 1. The summed E-state index contributed by atoms with van der Waals surface area (Å²) in [6, 6.07) is 5.01. The van der Waals surface area contributed by atoms with Gasteiger partial charge in [0.25, 0.3) is 5.91 Å². The van der Waals surface area contributed by atoms with Crippen LogP contribution in [-0.2, 0) is 11.8 Å². The number of morpholine rings is 1. The van der Waals surface area contributed by atoms with E-state index >= 15 is 0 Å². The number of hydrogen-bond acceptors (Lipinski definition) is 5. The van der Waals surface area contributed by atoms with Gasteiger partial charge in [0.2, 0.25) is 0 Å². The molecule has 3 heterocycles. The smallest absolute Gasteiger partial charge is 0.408 e. The van der Waals surface area contributed by atoms with Gasteiger partial charge in [-0.25, -0.2) is 9.78 Å². The third-order valence-corrected chi connectivity index (χ3v) is 4.42. The molecular weight excluding hydrogens is 324 g/mol. The molecule has 1 amide bonds. The second-order valence-electron chi connectivity index (χ2n) is 6.17. The van der Waals surface area contributed by atoms with Crippen molar-refractivity contribution >= 4 is 17.0 Å². The van der Waals surface area contributed by atoms with Crippen molar-refractivity contribution in [2.24, 2.45) is 7.05 Å². The minimum atomic E-state index is -0.445. The fourth-order valence-electron chi connectivity index (χ4n) is 3.04. The first-order chi connectivity index (χ1) is 12.0. The second kappa shape index (κ2) is 5.89. The van der Waals surface area contributed by atoms with Crippen molar-refractivity contribution in [1.82, 2.24) is 19.4 Å². The Balaban J connectivity index is 1.59. The monoisotopic (exact) mass is 342 g/mol. The largest absolute Gasteiger partial charge is 0.419 e. The summed E-state index contributed by atoms with van der Waals surface area (Å²) in [6.07, 6.45) is 1.47. The molecule has 8 nitrogen and oxygen atoms in total. The lowest BCUT2D eigenvalue weighted by Crippen LogP contribution is -2.42. The summed E-state index contributed by atoms with van der Waals surface area (Å²) in [4.78, 5) is 33.7. The van der Waals surface area contributed by atoms with Gasteiger partial charge in [-0.1, -0.05) is 0 Å². The van der Waals surface area contributed by atoms with E-state index in [-0.39, 0.29) is 12.0 Å². The van der Waals surface area contributed by atoms with Crippen LogP contribution in [0.2, 0.25) is 0 Å². The topological polar surface area (TPSA) is 93.4 Å². The minimum absolute atomic E-state index is 0.105. The van der Waals surface area contributed by atoms with Crippen molar-refractivity contribution < 1.29 is 13.9 Å². The summed E-state index contributed by atoms with van der Waals surface area (Å²) in [5.74, 6) is 0.175. The Morgan fingerprint density at radius 2 is 2.24 bits per heavy atom. The van der Waals surface area contributed by atoms with Crippen LogP contribution in [0.1, 0.15) is 28.0 Å². The van der Waals surface area contributed by atoms with Crippen molar-refractivity contribution in [3.63, 3.8) is 0 Å². The Bertz CT molecular complexity index is 1000. The number of aromatic amines is 1. The number of rotatable bonds is 2. The number of nitrogens with zero attached hydrogens (tertiary/aromatic N) is 3. The van der Waals surface area contributed by atoms with Gasteiger partial charge >= 0.3 is 5.76 Å². The van der Waals surface area contributed by atoms with E-state index in [0.29, 0.717) is 36.4 Å². The summed E-state index contributed by atoms with van der Waals surface area (Å²) >= 11 is 0. The molecule has 0 unspecified atom stereocenters. The average molecular weight is 342 g/mol. The van der Waals surface area contributed by atoms with Crippen LogP contribution in [0.5, 0.6) is 0 Å². The Labute approximate surface area is 143 Å². The molecule has 1 aliphatic heterocycles. The maximum Gasteiger partial charge on any atom is 0.419 e. The number of oxazole rings is 1. The first-order valence-electron chi connectivity index (χ1n) is 8.05. The van der Waals surface area contributed by atoms with Gasteiger partial charge in [0, 0.05) is 31.0 Å². The van der Waals surface area contributed by atoms with E-state index in [1.54, 1.807) is 36.3 Å². The van der Waals surface area contributed by atoms with Crippen LogP contribution >= 0.6 is 0 Å². The van der Waals surface area contributed by atoms with E-state index in [1.807, 2.05) is 6.92 Å². The minimum Gasteiger partial charge on any atom is -0.408 e. The number of benzene rings is 1. The zero-order valence-corrected chi connectivity index (χ0v) is 14.0. The van der Waals surface area contributed by atoms with Crippen LogP contribution in [0.15, 0.2) is 33.6 Å². The number of H-pyrrole nitrogens is 1. The Hall–Kier alpha value is -2.87. The molecule has 1 aliphatic rings. The van der Waals surface area contributed by atoms with E-state index in [1.165, 1.54) is 4.57 Å². The molecule has 2 aromatic heterocycles. The maximum atomic E-state index is 12.9. The highest BCUT2D eigenvalue weighted by atomic mass is 16.5. The molecule has 8 heteroatoms. The molecule has 0 aliphatic carbocycles. The van der Waals surface area contributed by atoms with E-state index < -0.39 is 5.76 Å². The van der Waals surface area contributed by atoms with Gasteiger partial charge in [-0.15, -0.1) is 0 Å². The fraction of sp³-hybridized carbons (Fsp3) is 0.353. The lowest BCUT2D eigenvalue weighted by atomic mass is 10.1. The summed E-state index contributed by atoms with van der Waals surface area (Å²) in [7, 11) is 1.62. The fourth-order valence-corrected chi connectivity index (χ4v) is 3.04.